The van der Waals surface area contributed by atoms with E-state index in [0.29, 0.717) is 35.8 Å². The van der Waals surface area contributed by atoms with Gasteiger partial charge in [0.1, 0.15) is 0 Å². The summed E-state index contributed by atoms with van der Waals surface area (Å²) in [6, 6.07) is 11.2. The van der Waals surface area contributed by atoms with Crippen LogP contribution in [0.5, 0.6) is 11.5 Å². The average Bonchev–Trinajstić information content (AvgIpc) is 2.78. The largest absolute Gasteiger partial charge is 0.489 e. The molecule has 6 heteroatoms. The zero-order valence-corrected chi connectivity index (χ0v) is 14.6. The lowest BCUT2D eigenvalue weighted by molar-refractivity contribution is -0.384. The molecule has 6 nitrogen and oxygen atoms in total. The highest BCUT2D eigenvalue weighted by molar-refractivity contribution is 6.07. The molecule has 1 heterocycles. The quantitative estimate of drug-likeness (QED) is 0.355. The SMILES string of the molecule is CC1(C)COc2ccc(C(=O)/C=C/c3cccc([N+](=O)[O-])c3)cc2OC1. The van der Waals surface area contributed by atoms with Gasteiger partial charge in [0.15, 0.2) is 17.3 Å². The minimum absolute atomic E-state index is 0.0159. The molecule has 1 aliphatic heterocycles. The standard InChI is InChI=1S/C20H19NO5/c1-20(2)12-25-18-9-7-15(11-19(18)26-13-20)17(22)8-6-14-4-3-5-16(10-14)21(23)24/h3-11H,12-13H2,1-2H3/b8-6+. The van der Waals surface area contributed by atoms with Gasteiger partial charge in [-0.2, -0.15) is 0 Å². The Bertz CT molecular complexity index is 886. The summed E-state index contributed by atoms with van der Waals surface area (Å²) in [5, 5.41) is 10.8. The molecule has 0 aliphatic carbocycles. The van der Waals surface area contributed by atoms with Crippen LogP contribution in [0.2, 0.25) is 0 Å². The maximum absolute atomic E-state index is 12.4. The zero-order valence-electron chi connectivity index (χ0n) is 14.6. The number of hydrogen-bond donors (Lipinski definition) is 0. The Morgan fingerprint density at radius 3 is 2.58 bits per heavy atom. The van der Waals surface area contributed by atoms with Gasteiger partial charge in [0.05, 0.1) is 18.1 Å². The summed E-state index contributed by atoms with van der Waals surface area (Å²) in [5.74, 6) is 0.950. The number of carbonyl (C=O) groups is 1. The number of nitro benzene ring substituents is 1. The molecule has 0 saturated heterocycles. The van der Waals surface area contributed by atoms with E-state index in [1.807, 2.05) is 13.8 Å². The fraction of sp³-hybridized carbons (Fsp3) is 0.250. The lowest BCUT2D eigenvalue weighted by atomic mass is 9.97. The van der Waals surface area contributed by atoms with Crippen LogP contribution in [0.4, 0.5) is 5.69 Å². The van der Waals surface area contributed by atoms with Crippen molar-refractivity contribution in [1.82, 2.24) is 0 Å². The van der Waals surface area contributed by atoms with E-state index in [1.54, 1.807) is 36.4 Å². The number of non-ortho nitro benzene ring substituents is 1. The van der Waals surface area contributed by atoms with Gasteiger partial charge in [0.2, 0.25) is 0 Å². The van der Waals surface area contributed by atoms with Crippen LogP contribution in [0.1, 0.15) is 29.8 Å². The van der Waals surface area contributed by atoms with Crippen molar-refractivity contribution in [3.8, 4) is 11.5 Å². The van der Waals surface area contributed by atoms with Crippen LogP contribution < -0.4 is 9.47 Å². The number of hydrogen-bond acceptors (Lipinski definition) is 5. The number of ketones is 1. The smallest absolute Gasteiger partial charge is 0.270 e. The molecule has 0 unspecified atom stereocenters. The van der Waals surface area contributed by atoms with Gasteiger partial charge in [-0.05, 0) is 29.8 Å². The molecule has 0 aromatic heterocycles. The molecule has 2 aromatic rings. The monoisotopic (exact) mass is 353 g/mol. The first kappa shape index (κ1) is 17.7. The van der Waals surface area contributed by atoms with Crippen molar-refractivity contribution >= 4 is 17.5 Å². The Morgan fingerprint density at radius 2 is 1.85 bits per heavy atom. The van der Waals surface area contributed by atoms with E-state index < -0.39 is 4.92 Å². The highest BCUT2D eigenvalue weighted by atomic mass is 16.6. The highest BCUT2D eigenvalue weighted by Crippen LogP contribution is 2.34. The molecule has 0 amide bonds. The normalized spacial score (nSPS) is 15.5. The molecule has 26 heavy (non-hydrogen) atoms. The van der Waals surface area contributed by atoms with Crippen molar-refractivity contribution in [3.05, 3.63) is 69.8 Å². The van der Waals surface area contributed by atoms with Crippen LogP contribution >= 0.6 is 0 Å². The third-order valence-electron chi connectivity index (χ3n) is 3.97. The van der Waals surface area contributed by atoms with E-state index in [-0.39, 0.29) is 16.9 Å². The van der Waals surface area contributed by atoms with Crippen LogP contribution in [-0.4, -0.2) is 23.9 Å². The van der Waals surface area contributed by atoms with Crippen molar-refractivity contribution in [3.63, 3.8) is 0 Å². The van der Waals surface area contributed by atoms with Gasteiger partial charge in [-0.15, -0.1) is 0 Å². The Hall–Kier alpha value is -3.15. The first-order valence-electron chi connectivity index (χ1n) is 8.21. The number of nitro groups is 1. The summed E-state index contributed by atoms with van der Waals surface area (Å²) in [4.78, 5) is 22.8. The van der Waals surface area contributed by atoms with Crippen molar-refractivity contribution in [2.45, 2.75) is 13.8 Å². The van der Waals surface area contributed by atoms with Crippen LogP contribution in [0.15, 0.2) is 48.5 Å². The van der Waals surface area contributed by atoms with Crippen molar-refractivity contribution in [2.75, 3.05) is 13.2 Å². The number of fused-ring (bicyclic) bond motifs is 1. The molecular formula is C20H19NO5. The number of nitrogens with zero attached hydrogens (tertiary/aromatic N) is 1. The predicted octanol–water partition coefficient (Wildman–Crippen LogP) is 4.29. The van der Waals surface area contributed by atoms with E-state index in [4.69, 9.17) is 9.47 Å². The third-order valence-corrected chi connectivity index (χ3v) is 3.97. The van der Waals surface area contributed by atoms with Gasteiger partial charge in [-0.3, -0.25) is 14.9 Å². The summed E-state index contributed by atoms with van der Waals surface area (Å²) >= 11 is 0. The predicted molar refractivity (Wildman–Crippen MR) is 97.7 cm³/mol. The third kappa shape index (κ3) is 4.08. The number of carbonyl (C=O) groups excluding carboxylic acids is 1. The molecular weight excluding hydrogens is 334 g/mol. The summed E-state index contributed by atoms with van der Waals surface area (Å²) in [6.07, 6.45) is 2.95. The van der Waals surface area contributed by atoms with E-state index in [2.05, 4.69) is 0 Å². The number of benzene rings is 2. The van der Waals surface area contributed by atoms with Crippen LogP contribution in [0.25, 0.3) is 6.08 Å². The number of rotatable bonds is 4. The lowest BCUT2D eigenvalue weighted by Gasteiger charge is -2.19. The summed E-state index contributed by atoms with van der Waals surface area (Å²) in [5.41, 5.74) is 0.931. The molecule has 0 atom stereocenters. The fourth-order valence-corrected chi connectivity index (χ4v) is 2.49. The average molecular weight is 353 g/mol. The minimum atomic E-state index is -0.468. The van der Waals surface area contributed by atoms with Gasteiger partial charge in [-0.1, -0.05) is 32.1 Å². The molecule has 0 fully saturated rings. The van der Waals surface area contributed by atoms with Crippen molar-refractivity contribution < 1.29 is 19.2 Å². The van der Waals surface area contributed by atoms with Gasteiger partial charge < -0.3 is 9.47 Å². The second kappa shape index (κ2) is 7.00. The molecule has 134 valence electrons. The Kier molecular flexibility index (Phi) is 4.75. The van der Waals surface area contributed by atoms with Crippen molar-refractivity contribution in [2.24, 2.45) is 5.41 Å². The molecule has 0 spiro atoms. The van der Waals surface area contributed by atoms with E-state index in [0.717, 1.165) is 0 Å². The molecule has 0 N–H and O–H groups in total. The summed E-state index contributed by atoms with van der Waals surface area (Å²) in [6.45, 7) is 5.14. The number of ether oxygens (including phenoxy) is 2. The molecule has 0 radical (unpaired) electrons. The topological polar surface area (TPSA) is 78.7 Å². The maximum Gasteiger partial charge on any atom is 0.270 e. The molecule has 0 bridgehead atoms. The lowest BCUT2D eigenvalue weighted by Crippen LogP contribution is -2.26. The van der Waals surface area contributed by atoms with Crippen molar-refractivity contribution in [1.29, 1.82) is 0 Å². The van der Waals surface area contributed by atoms with E-state index in [9.17, 15) is 14.9 Å². The molecule has 0 saturated carbocycles. The first-order valence-corrected chi connectivity index (χ1v) is 8.21. The summed E-state index contributed by atoms with van der Waals surface area (Å²) in [7, 11) is 0. The second-order valence-corrected chi connectivity index (χ2v) is 6.95. The Labute approximate surface area is 151 Å². The number of allylic oxidation sites excluding steroid dienone is 1. The second-order valence-electron chi connectivity index (χ2n) is 6.95. The molecule has 1 aliphatic rings. The zero-order chi connectivity index (χ0) is 18.7. The maximum atomic E-state index is 12.4. The van der Waals surface area contributed by atoms with Crippen LogP contribution in [0.3, 0.4) is 0 Å². The summed E-state index contributed by atoms with van der Waals surface area (Å²) < 4.78 is 11.5. The van der Waals surface area contributed by atoms with Gasteiger partial charge in [0, 0.05) is 23.1 Å². The van der Waals surface area contributed by atoms with E-state index in [1.165, 1.54) is 18.2 Å². The minimum Gasteiger partial charge on any atom is -0.489 e. The molecule has 2 aromatic carbocycles. The van der Waals surface area contributed by atoms with E-state index >= 15 is 0 Å². The fourth-order valence-electron chi connectivity index (χ4n) is 2.49. The Morgan fingerprint density at radius 1 is 1.12 bits per heavy atom. The van der Waals surface area contributed by atoms with Crippen LogP contribution in [-0.2, 0) is 0 Å². The Balaban J connectivity index is 1.78. The van der Waals surface area contributed by atoms with Gasteiger partial charge in [-0.25, -0.2) is 0 Å². The van der Waals surface area contributed by atoms with Gasteiger partial charge in [0.25, 0.3) is 5.69 Å². The van der Waals surface area contributed by atoms with Gasteiger partial charge >= 0.3 is 0 Å². The first-order chi connectivity index (χ1) is 12.3. The highest BCUT2D eigenvalue weighted by Gasteiger charge is 2.25. The molecule has 3 rings (SSSR count). The van der Waals surface area contributed by atoms with Crippen LogP contribution in [0, 0.1) is 15.5 Å².